The molecule has 142 valence electrons. The summed E-state index contributed by atoms with van der Waals surface area (Å²) in [6.07, 6.45) is -2.94. The molecule has 0 bridgehead atoms. The lowest BCUT2D eigenvalue weighted by Gasteiger charge is -2.15. The highest BCUT2D eigenvalue weighted by Gasteiger charge is 2.32. The van der Waals surface area contributed by atoms with Gasteiger partial charge in [0.15, 0.2) is 0 Å². The van der Waals surface area contributed by atoms with Gasteiger partial charge in [0.1, 0.15) is 0 Å². The van der Waals surface area contributed by atoms with E-state index in [-0.39, 0.29) is 11.9 Å². The van der Waals surface area contributed by atoms with E-state index in [9.17, 15) is 22.8 Å². The Hall–Kier alpha value is -2.83. The zero-order valence-corrected chi connectivity index (χ0v) is 14.3. The summed E-state index contributed by atoms with van der Waals surface area (Å²) in [5, 5.41) is 11.9. The fraction of sp³-hybridized carbons (Fsp3) is 0.300. The van der Waals surface area contributed by atoms with Gasteiger partial charge in [-0.2, -0.15) is 13.2 Å². The first-order valence-electron chi connectivity index (χ1n) is 8.56. The van der Waals surface area contributed by atoms with Crippen LogP contribution < -0.4 is 5.32 Å². The van der Waals surface area contributed by atoms with Crippen LogP contribution in [0.15, 0.2) is 48.5 Å². The summed E-state index contributed by atoms with van der Waals surface area (Å²) >= 11 is 0. The number of hydrogen-bond donors (Lipinski definition) is 2. The van der Waals surface area contributed by atoms with Crippen molar-refractivity contribution in [2.24, 2.45) is 5.92 Å². The van der Waals surface area contributed by atoms with Gasteiger partial charge in [-0.25, -0.2) is 0 Å². The van der Waals surface area contributed by atoms with E-state index in [2.05, 4.69) is 5.32 Å². The van der Waals surface area contributed by atoms with E-state index >= 15 is 0 Å². The summed E-state index contributed by atoms with van der Waals surface area (Å²) in [6, 6.07) is 11.1. The average Bonchev–Trinajstić information content (AvgIpc) is 3.10. The van der Waals surface area contributed by atoms with Crippen molar-refractivity contribution in [1.82, 2.24) is 5.32 Å². The van der Waals surface area contributed by atoms with Crippen molar-refractivity contribution in [3.8, 4) is 11.1 Å². The lowest BCUT2D eigenvalue weighted by atomic mass is 9.98. The van der Waals surface area contributed by atoms with E-state index in [1.54, 1.807) is 24.3 Å². The van der Waals surface area contributed by atoms with Gasteiger partial charge in [-0.05, 0) is 48.6 Å². The van der Waals surface area contributed by atoms with Gasteiger partial charge >= 0.3 is 12.1 Å². The average molecular weight is 377 g/mol. The topological polar surface area (TPSA) is 66.4 Å². The van der Waals surface area contributed by atoms with E-state index in [0.29, 0.717) is 36.0 Å². The number of halogens is 3. The molecule has 1 amide bonds. The summed E-state index contributed by atoms with van der Waals surface area (Å²) in [6.45, 7) is 0. The number of aliphatic carboxylic acids is 1. The maximum atomic E-state index is 12.7. The van der Waals surface area contributed by atoms with E-state index in [1.807, 2.05) is 0 Å². The highest BCUT2D eigenvalue weighted by molar-refractivity contribution is 6.01. The number of alkyl halides is 3. The van der Waals surface area contributed by atoms with Crippen LogP contribution in [0.5, 0.6) is 0 Å². The molecule has 2 atom stereocenters. The van der Waals surface area contributed by atoms with Crippen LogP contribution in [-0.2, 0) is 11.0 Å². The fourth-order valence-corrected chi connectivity index (χ4v) is 3.37. The lowest BCUT2D eigenvalue weighted by molar-refractivity contribution is -0.141. The molecule has 3 rings (SSSR count). The number of carbonyl (C=O) groups is 2. The van der Waals surface area contributed by atoms with Crippen LogP contribution in [0.25, 0.3) is 11.1 Å². The predicted molar refractivity (Wildman–Crippen MR) is 93.1 cm³/mol. The van der Waals surface area contributed by atoms with Gasteiger partial charge in [0.2, 0.25) is 0 Å². The number of benzene rings is 2. The van der Waals surface area contributed by atoms with Crippen molar-refractivity contribution >= 4 is 11.9 Å². The number of nitrogens with one attached hydrogen (secondary N) is 1. The van der Waals surface area contributed by atoms with E-state index < -0.39 is 23.6 Å². The van der Waals surface area contributed by atoms with Crippen LogP contribution in [0.3, 0.4) is 0 Å². The Balaban J connectivity index is 1.80. The number of carbonyl (C=O) groups excluding carboxylic acids is 1. The first kappa shape index (κ1) is 18.9. The Labute approximate surface area is 154 Å². The number of carboxylic acids is 1. The Morgan fingerprint density at radius 2 is 1.67 bits per heavy atom. The van der Waals surface area contributed by atoms with Crippen LogP contribution in [0.1, 0.15) is 35.2 Å². The number of amides is 1. The SMILES string of the molecule is O=C(N[C@@H]1CC[C@H](C(=O)O)C1)c1ccccc1-c1ccc(C(F)(F)F)cc1. The first-order valence-corrected chi connectivity index (χ1v) is 8.56. The molecule has 4 nitrogen and oxygen atoms in total. The molecule has 0 saturated heterocycles. The Kier molecular flexibility index (Phi) is 5.21. The molecule has 2 N–H and O–H groups in total. The summed E-state index contributed by atoms with van der Waals surface area (Å²) in [5.41, 5.74) is 0.620. The second kappa shape index (κ2) is 7.42. The molecule has 0 heterocycles. The normalized spacial score (nSPS) is 19.7. The third-order valence-electron chi connectivity index (χ3n) is 4.81. The second-order valence-corrected chi connectivity index (χ2v) is 6.64. The molecule has 1 aliphatic rings. The molecule has 0 radical (unpaired) electrons. The largest absolute Gasteiger partial charge is 0.481 e. The van der Waals surface area contributed by atoms with Crippen molar-refractivity contribution in [2.75, 3.05) is 0 Å². The zero-order valence-electron chi connectivity index (χ0n) is 14.3. The zero-order chi connectivity index (χ0) is 19.6. The van der Waals surface area contributed by atoms with Crippen LogP contribution in [-0.4, -0.2) is 23.0 Å². The van der Waals surface area contributed by atoms with Crippen molar-refractivity contribution in [2.45, 2.75) is 31.5 Å². The molecule has 27 heavy (non-hydrogen) atoms. The standard InChI is InChI=1S/C20H18F3NO3/c21-20(22,23)14-8-5-12(6-9-14)16-3-1-2-4-17(16)18(25)24-15-10-7-13(11-15)19(26)27/h1-6,8-9,13,15H,7,10-11H2,(H,24,25)(H,26,27)/t13-,15+/m0/s1. The minimum absolute atomic E-state index is 0.223. The molecule has 0 spiro atoms. The van der Waals surface area contributed by atoms with Crippen LogP contribution in [0.2, 0.25) is 0 Å². The number of rotatable bonds is 4. The van der Waals surface area contributed by atoms with Gasteiger partial charge in [-0.1, -0.05) is 30.3 Å². The van der Waals surface area contributed by atoms with Crippen LogP contribution in [0, 0.1) is 5.92 Å². The maximum Gasteiger partial charge on any atom is 0.416 e. The van der Waals surface area contributed by atoms with E-state index in [1.165, 1.54) is 12.1 Å². The maximum absolute atomic E-state index is 12.7. The van der Waals surface area contributed by atoms with Crippen molar-refractivity contribution in [1.29, 1.82) is 0 Å². The molecule has 1 fully saturated rings. The van der Waals surface area contributed by atoms with Gasteiger partial charge in [0.25, 0.3) is 5.91 Å². The summed E-state index contributed by atoms with van der Waals surface area (Å²) < 4.78 is 38.2. The lowest BCUT2D eigenvalue weighted by Crippen LogP contribution is -2.33. The van der Waals surface area contributed by atoms with Crippen molar-refractivity contribution in [3.63, 3.8) is 0 Å². The number of hydrogen-bond acceptors (Lipinski definition) is 2. The molecular weight excluding hydrogens is 359 g/mol. The highest BCUT2D eigenvalue weighted by atomic mass is 19.4. The molecule has 7 heteroatoms. The number of carboxylic acid groups (broad SMARTS) is 1. The molecule has 0 unspecified atom stereocenters. The Bertz CT molecular complexity index is 846. The minimum Gasteiger partial charge on any atom is -0.481 e. The van der Waals surface area contributed by atoms with Gasteiger partial charge in [0, 0.05) is 11.6 Å². The molecule has 1 saturated carbocycles. The smallest absolute Gasteiger partial charge is 0.416 e. The summed E-state index contributed by atoms with van der Waals surface area (Å²) in [7, 11) is 0. The molecule has 2 aromatic carbocycles. The molecule has 1 aliphatic carbocycles. The highest BCUT2D eigenvalue weighted by Crippen LogP contribution is 2.32. The quantitative estimate of drug-likeness (QED) is 0.832. The van der Waals surface area contributed by atoms with Crippen LogP contribution in [0.4, 0.5) is 13.2 Å². The van der Waals surface area contributed by atoms with E-state index in [4.69, 9.17) is 5.11 Å². The van der Waals surface area contributed by atoms with Crippen molar-refractivity contribution in [3.05, 3.63) is 59.7 Å². The van der Waals surface area contributed by atoms with Gasteiger partial charge in [0.05, 0.1) is 11.5 Å². The molecular formula is C20H18F3NO3. The Morgan fingerprint density at radius 3 is 2.26 bits per heavy atom. The molecule has 0 aliphatic heterocycles. The minimum atomic E-state index is -4.42. The van der Waals surface area contributed by atoms with Crippen LogP contribution >= 0.6 is 0 Å². The van der Waals surface area contributed by atoms with Gasteiger partial charge < -0.3 is 10.4 Å². The Morgan fingerprint density at radius 1 is 1.00 bits per heavy atom. The van der Waals surface area contributed by atoms with Gasteiger partial charge in [-0.15, -0.1) is 0 Å². The summed E-state index contributed by atoms with van der Waals surface area (Å²) in [5.74, 6) is -1.68. The summed E-state index contributed by atoms with van der Waals surface area (Å²) in [4.78, 5) is 23.7. The predicted octanol–water partition coefficient (Wildman–Crippen LogP) is 4.36. The van der Waals surface area contributed by atoms with Gasteiger partial charge in [-0.3, -0.25) is 9.59 Å². The van der Waals surface area contributed by atoms with Crippen molar-refractivity contribution < 1.29 is 27.9 Å². The molecule has 0 aromatic heterocycles. The fourth-order valence-electron chi connectivity index (χ4n) is 3.37. The monoisotopic (exact) mass is 377 g/mol. The molecule has 2 aromatic rings. The first-order chi connectivity index (χ1) is 12.8. The van der Waals surface area contributed by atoms with E-state index in [0.717, 1.165) is 12.1 Å². The third-order valence-corrected chi connectivity index (χ3v) is 4.81. The second-order valence-electron chi connectivity index (χ2n) is 6.64. The third kappa shape index (κ3) is 4.30.